The number of carbonyl (C=O) groups is 2. The molecule has 1 aliphatic carbocycles. The molecule has 4 nitrogen and oxygen atoms in total. The Morgan fingerprint density at radius 2 is 1.65 bits per heavy atom. The number of amides is 1. The van der Waals surface area contributed by atoms with Gasteiger partial charge in [0.1, 0.15) is 11.6 Å². The molecule has 0 bridgehead atoms. The van der Waals surface area contributed by atoms with Crippen LogP contribution in [0.15, 0.2) is 48.5 Å². The number of benzene rings is 2. The van der Waals surface area contributed by atoms with Gasteiger partial charge in [0.2, 0.25) is 5.91 Å². The SMILES string of the molecule is CC(=O)Nc1ccc(OC(=O)C2(c3ccc(F)cc3)CC2)cc1. The molecule has 0 atom stereocenters. The molecule has 118 valence electrons. The fourth-order valence-corrected chi connectivity index (χ4v) is 2.52. The maximum atomic E-state index is 13.0. The Balaban J connectivity index is 1.71. The number of esters is 1. The van der Waals surface area contributed by atoms with Gasteiger partial charge in [0, 0.05) is 12.6 Å². The highest BCUT2D eigenvalue weighted by Crippen LogP contribution is 2.49. The van der Waals surface area contributed by atoms with Crippen LogP contribution < -0.4 is 10.1 Å². The molecule has 23 heavy (non-hydrogen) atoms. The highest BCUT2D eigenvalue weighted by Gasteiger charge is 2.53. The summed E-state index contributed by atoms with van der Waals surface area (Å²) in [5, 5.41) is 2.64. The summed E-state index contributed by atoms with van der Waals surface area (Å²) in [5.41, 5.74) is 0.750. The molecule has 0 radical (unpaired) electrons. The van der Waals surface area contributed by atoms with Gasteiger partial charge in [-0.3, -0.25) is 9.59 Å². The molecule has 0 aromatic heterocycles. The monoisotopic (exact) mass is 313 g/mol. The van der Waals surface area contributed by atoms with Crippen molar-refractivity contribution >= 4 is 17.6 Å². The molecule has 0 saturated heterocycles. The fraction of sp³-hybridized carbons (Fsp3) is 0.222. The predicted molar refractivity (Wildman–Crippen MR) is 83.7 cm³/mol. The summed E-state index contributed by atoms with van der Waals surface area (Å²) in [4.78, 5) is 23.4. The average molecular weight is 313 g/mol. The minimum absolute atomic E-state index is 0.164. The molecule has 2 aromatic rings. The first-order valence-corrected chi connectivity index (χ1v) is 7.36. The molecule has 0 unspecified atom stereocenters. The summed E-state index contributed by atoms with van der Waals surface area (Å²) in [6, 6.07) is 12.6. The van der Waals surface area contributed by atoms with Crippen LogP contribution in [0.5, 0.6) is 5.75 Å². The smallest absolute Gasteiger partial charge is 0.321 e. The van der Waals surface area contributed by atoms with Gasteiger partial charge in [-0.2, -0.15) is 0 Å². The van der Waals surface area contributed by atoms with Gasteiger partial charge >= 0.3 is 5.97 Å². The number of hydrogen-bond donors (Lipinski definition) is 1. The lowest BCUT2D eigenvalue weighted by molar-refractivity contribution is -0.137. The van der Waals surface area contributed by atoms with Gasteiger partial charge in [0.05, 0.1) is 5.41 Å². The maximum absolute atomic E-state index is 13.0. The number of anilines is 1. The molecule has 1 aliphatic rings. The first-order chi connectivity index (χ1) is 11.0. The lowest BCUT2D eigenvalue weighted by Crippen LogP contribution is -2.25. The normalized spacial score (nSPS) is 14.9. The highest BCUT2D eigenvalue weighted by atomic mass is 19.1. The third-order valence-corrected chi connectivity index (χ3v) is 3.92. The largest absolute Gasteiger partial charge is 0.426 e. The fourth-order valence-electron chi connectivity index (χ4n) is 2.52. The van der Waals surface area contributed by atoms with E-state index in [1.807, 2.05) is 0 Å². The van der Waals surface area contributed by atoms with Crippen molar-refractivity contribution < 1.29 is 18.7 Å². The van der Waals surface area contributed by atoms with Crippen LogP contribution in [0.3, 0.4) is 0 Å². The third-order valence-electron chi connectivity index (χ3n) is 3.92. The van der Waals surface area contributed by atoms with E-state index in [1.54, 1.807) is 36.4 Å². The number of nitrogens with one attached hydrogen (secondary N) is 1. The second-order valence-electron chi connectivity index (χ2n) is 5.68. The minimum Gasteiger partial charge on any atom is -0.426 e. The highest BCUT2D eigenvalue weighted by molar-refractivity contribution is 5.89. The average Bonchev–Trinajstić information content (AvgIpc) is 3.31. The molecule has 1 saturated carbocycles. The zero-order valence-electron chi connectivity index (χ0n) is 12.6. The van der Waals surface area contributed by atoms with Gasteiger partial charge in [0.25, 0.3) is 0 Å². The van der Waals surface area contributed by atoms with E-state index < -0.39 is 5.41 Å². The van der Waals surface area contributed by atoms with Gasteiger partial charge in [-0.05, 0) is 54.8 Å². The number of ether oxygens (including phenoxy) is 1. The molecule has 0 heterocycles. The van der Waals surface area contributed by atoms with E-state index in [-0.39, 0.29) is 17.7 Å². The Hall–Kier alpha value is -2.69. The third kappa shape index (κ3) is 3.23. The van der Waals surface area contributed by atoms with Crippen LogP contribution in [-0.4, -0.2) is 11.9 Å². The van der Waals surface area contributed by atoms with Crippen molar-refractivity contribution in [3.05, 3.63) is 59.9 Å². The van der Waals surface area contributed by atoms with E-state index in [0.29, 0.717) is 24.3 Å². The molecule has 1 N–H and O–H groups in total. The van der Waals surface area contributed by atoms with E-state index in [0.717, 1.165) is 5.56 Å². The Bertz CT molecular complexity index is 734. The van der Waals surface area contributed by atoms with E-state index in [9.17, 15) is 14.0 Å². The number of halogens is 1. The van der Waals surface area contributed by atoms with E-state index >= 15 is 0 Å². The van der Waals surface area contributed by atoms with Crippen molar-refractivity contribution in [2.75, 3.05) is 5.32 Å². The molecule has 2 aromatic carbocycles. The first kappa shape index (κ1) is 15.2. The Morgan fingerprint density at radius 1 is 1.04 bits per heavy atom. The molecular formula is C18H16FNO3. The molecule has 5 heteroatoms. The summed E-state index contributed by atoms with van der Waals surface area (Å²) in [7, 11) is 0. The Labute approximate surface area is 133 Å². The predicted octanol–water partition coefficient (Wildman–Crippen LogP) is 3.42. The zero-order chi connectivity index (χ0) is 16.4. The van der Waals surface area contributed by atoms with Gasteiger partial charge < -0.3 is 10.1 Å². The first-order valence-electron chi connectivity index (χ1n) is 7.36. The molecular weight excluding hydrogens is 297 g/mol. The van der Waals surface area contributed by atoms with Crippen molar-refractivity contribution in [2.24, 2.45) is 0 Å². The quantitative estimate of drug-likeness (QED) is 0.695. The van der Waals surface area contributed by atoms with Crippen molar-refractivity contribution in [3.8, 4) is 5.75 Å². The van der Waals surface area contributed by atoms with E-state index in [1.165, 1.54) is 19.1 Å². The van der Waals surface area contributed by atoms with Gasteiger partial charge in [-0.15, -0.1) is 0 Å². The standard InChI is InChI=1S/C18H16FNO3/c1-12(21)20-15-6-8-16(9-7-15)23-17(22)18(10-11-18)13-2-4-14(19)5-3-13/h2-9H,10-11H2,1H3,(H,20,21). The Kier molecular flexibility index (Phi) is 3.86. The van der Waals surface area contributed by atoms with Crippen LogP contribution in [0.1, 0.15) is 25.3 Å². The van der Waals surface area contributed by atoms with Crippen molar-refractivity contribution in [2.45, 2.75) is 25.2 Å². The lowest BCUT2D eigenvalue weighted by atomic mass is 9.96. The summed E-state index contributed by atoms with van der Waals surface area (Å²) < 4.78 is 18.5. The molecule has 1 amide bonds. The van der Waals surface area contributed by atoms with Crippen molar-refractivity contribution in [3.63, 3.8) is 0 Å². The molecule has 0 spiro atoms. The van der Waals surface area contributed by atoms with Gasteiger partial charge in [0.15, 0.2) is 0 Å². The van der Waals surface area contributed by atoms with Crippen LogP contribution in [0, 0.1) is 5.82 Å². The van der Waals surface area contributed by atoms with Crippen LogP contribution in [-0.2, 0) is 15.0 Å². The molecule has 1 fully saturated rings. The van der Waals surface area contributed by atoms with Gasteiger partial charge in [-0.1, -0.05) is 12.1 Å². The van der Waals surface area contributed by atoms with Crippen LogP contribution in [0.25, 0.3) is 0 Å². The lowest BCUT2D eigenvalue weighted by Gasteiger charge is -2.15. The van der Waals surface area contributed by atoms with Gasteiger partial charge in [-0.25, -0.2) is 4.39 Å². The maximum Gasteiger partial charge on any atom is 0.321 e. The van der Waals surface area contributed by atoms with E-state index in [2.05, 4.69) is 5.32 Å². The molecule has 0 aliphatic heterocycles. The van der Waals surface area contributed by atoms with Crippen LogP contribution in [0.4, 0.5) is 10.1 Å². The van der Waals surface area contributed by atoms with Crippen molar-refractivity contribution in [1.29, 1.82) is 0 Å². The zero-order valence-corrected chi connectivity index (χ0v) is 12.6. The summed E-state index contributed by atoms with van der Waals surface area (Å²) in [6.07, 6.45) is 1.39. The number of carbonyl (C=O) groups excluding carboxylic acids is 2. The summed E-state index contributed by atoms with van der Waals surface area (Å²) >= 11 is 0. The van der Waals surface area contributed by atoms with Crippen molar-refractivity contribution in [1.82, 2.24) is 0 Å². The summed E-state index contributed by atoms with van der Waals surface area (Å²) in [6.45, 7) is 1.42. The van der Waals surface area contributed by atoms with Crippen LogP contribution >= 0.6 is 0 Å². The second kappa shape index (κ2) is 5.83. The number of hydrogen-bond acceptors (Lipinski definition) is 3. The van der Waals surface area contributed by atoms with E-state index in [4.69, 9.17) is 4.74 Å². The topological polar surface area (TPSA) is 55.4 Å². The summed E-state index contributed by atoms with van der Waals surface area (Å²) in [5.74, 6) is -0.414. The number of rotatable bonds is 4. The molecule has 3 rings (SSSR count). The minimum atomic E-state index is -0.663. The second-order valence-corrected chi connectivity index (χ2v) is 5.68. The Morgan fingerprint density at radius 3 is 2.17 bits per heavy atom. The van der Waals surface area contributed by atoms with Crippen LogP contribution in [0.2, 0.25) is 0 Å².